The highest BCUT2D eigenvalue weighted by molar-refractivity contribution is 9.10. The predicted octanol–water partition coefficient (Wildman–Crippen LogP) is 5.53. The van der Waals surface area contributed by atoms with Crippen LogP contribution in [0.15, 0.2) is 46.9 Å². The van der Waals surface area contributed by atoms with Gasteiger partial charge >= 0.3 is 0 Å². The Balaban J connectivity index is 2.28. The molecule has 0 spiro atoms. The van der Waals surface area contributed by atoms with Gasteiger partial charge in [0.2, 0.25) is 0 Å². The highest BCUT2D eigenvalue weighted by Crippen LogP contribution is 2.34. The zero-order valence-corrected chi connectivity index (χ0v) is 13.3. The molecule has 0 saturated heterocycles. The monoisotopic (exact) mass is 373 g/mol. The molecule has 2 aromatic carbocycles. The lowest BCUT2D eigenvalue weighted by Crippen LogP contribution is -2.01. The van der Waals surface area contributed by atoms with Crippen molar-refractivity contribution in [1.82, 2.24) is 0 Å². The number of hydrogen-bond acceptors (Lipinski definition) is 2. The number of para-hydroxylation sites is 1. The summed E-state index contributed by atoms with van der Waals surface area (Å²) in [5.74, 6) is 0. The molecule has 0 fully saturated rings. The van der Waals surface area contributed by atoms with Gasteiger partial charge in [0, 0.05) is 21.1 Å². The Morgan fingerprint density at radius 2 is 1.95 bits per heavy atom. The van der Waals surface area contributed by atoms with Crippen molar-refractivity contribution in [3.8, 4) is 0 Å². The van der Waals surface area contributed by atoms with E-state index in [-0.39, 0.29) is 5.69 Å². The molecular formula is C14H10BrCl2NO2. The first-order valence-electron chi connectivity index (χ1n) is 5.80. The van der Waals surface area contributed by atoms with E-state index in [0.717, 1.165) is 10.0 Å². The number of hydrogen-bond donors (Lipinski definition) is 0. The molecule has 6 heteroatoms. The predicted molar refractivity (Wildman–Crippen MR) is 84.5 cm³/mol. The molecule has 0 heterocycles. The van der Waals surface area contributed by atoms with E-state index >= 15 is 0 Å². The standard InChI is InChI=1S/C14H10BrCl2NO2/c15-10-5-6-11(13(17)8-10)12(16)7-9-3-1-2-4-14(9)18(19)20/h1-6,8,12H,7H2. The number of alkyl halides is 1. The highest BCUT2D eigenvalue weighted by Gasteiger charge is 2.18. The van der Waals surface area contributed by atoms with E-state index in [4.69, 9.17) is 23.2 Å². The van der Waals surface area contributed by atoms with Crippen molar-refractivity contribution in [3.63, 3.8) is 0 Å². The van der Waals surface area contributed by atoms with Crippen LogP contribution in [0.3, 0.4) is 0 Å². The summed E-state index contributed by atoms with van der Waals surface area (Å²) in [6.45, 7) is 0. The van der Waals surface area contributed by atoms with E-state index in [1.165, 1.54) is 6.07 Å². The van der Waals surface area contributed by atoms with Gasteiger partial charge in [-0.2, -0.15) is 0 Å². The maximum absolute atomic E-state index is 11.0. The van der Waals surface area contributed by atoms with Gasteiger partial charge in [-0.1, -0.05) is 51.8 Å². The fourth-order valence-electron chi connectivity index (χ4n) is 1.92. The van der Waals surface area contributed by atoms with Crippen molar-refractivity contribution >= 4 is 44.8 Å². The zero-order valence-electron chi connectivity index (χ0n) is 10.2. The average molecular weight is 375 g/mol. The molecule has 1 atom stereocenters. The molecule has 0 aromatic heterocycles. The topological polar surface area (TPSA) is 43.1 Å². The molecule has 0 saturated carbocycles. The SMILES string of the molecule is O=[N+]([O-])c1ccccc1CC(Cl)c1ccc(Br)cc1Cl. The quantitative estimate of drug-likeness (QED) is 0.401. The first-order chi connectivity index (χ1) is 9.49. The molecule has 2 rings (SSSR count). The Bertz CT molecular complexity index is 649. The van der Waals surface area contributed by atoms with Crippen LogP contribution in [0.1, 0.15) is 16.5 Å². The number of nitro groups is 1. The Morgan fingerprint density at radius 3 is 2.60 bits per heavy atom. The Labute approximate surface area is 134 Å². The highest BCUT2D eigenvalue weighted by atomic mass is 79.9. The maximum atomic E-state index is 11.0. The van der Waals surface area contributed by atoms with Crippen molar-refractivity contribution in [3.05, 3.63) is 73.2 Å². The number of halogens is 3. The first kappa shape index (κ1) is 15.3. The van der Waals surface area contributed by atoms with Gasteiger partial charge in [-0.15, -0.1) is 11.6 Å². The molecule has 1 unspecified atom stereocenters. The largest absolute Gasteiger partial charge is 0.272 e. The van der Waals surface area contributed by atoms with Crippen LogP contribution >= 0.6 is 39.1 Å². The van der Waals surface area contributed by atoms with E-state index < -0.39 is 10.3 Å². The third kappa shape index (κ3) is 3.51. The van der Waals surface area contributed by atoms with Crippen LogP contribution in [0.2, 0.25) is 5.02 Å². The van der Waals surface area contributed by atoms with E-state index in [2.05, 4.69) is 15.9 Å². The van der Waals surface area contributed by atoms with Gasteiger partial charge in [0.15, 0.2) is 0 Å². The molecule has 0 radical (unpaired) electrons. The van der Waals surface area contributed by atoms with E-state index in [9.17, 15) is 10.1 Å². The van der Waals surface area contributed by atoms with E-state index in [1.807, 2.05) is 12.1 Å². The van der Waals surface area contributed by atoms with Gasteiger partial charge < -0.3 is 0 Å². The van der Waals surface area contributed by atoms with Gasteiger partial charge in [-0.25, -0.2) is 0 Å². The molecule has 2 aromatic rings. The molecule has 0 bridgehead atoms. The second-order valence-corrected chi connectivity index (χ2v) is 6.07. The zero-order chi connectivity index (χ0) is 14.7. The van der Waals surface area contributed by atoms with Crippen LogP contribution in [0.5, 0.6) is 0 Å². The summed E-state index contributed by atoms with van der Waals surface area (Å²) in [6, 6.07) is 12.0. The Hall–Kier alpha value is -1.10. The van der Waals surface area contributed by atoms with Crippen LogP contribution in [0.25, 0.3) is 0 Å². The second kappa shape index (κ2) is 6.57. The Kier molecular flexibility index (Phi) is 5.02. The summed E-state index contributed by atoms with van der Waals surface area (Å²) < 4.78 is 0.862. The van der Waals surface area contributed by atoms with E-state index in [1.54, 1.807) is 24.3 Å². The normalized spacial score (nSPS) is 12.2. The number of benzene rings is 2. The summed E-state index contributed by atoms with van der Waals surface area (Å²) in [6.07, 6.45) is 0.347. The van der Waals surface area contributed by atoms with Gasteiger partial charge in [0.25, 0.3) is 5.69 Å². The Morgan fingerprint density at radius 1 is 1.25 bits per heavy atom. The van der Waals surface area contributed by atoms with Gasteiger partial charge in [0.05, 0.1) is 10.3 Å². The van der Waals surface area contributed by atoms with Crippen molar-refractivity contribution in [2.24, 2.45) is 0 Å². The summed E-state index contributed by atoms with van der Waals surface area (Å²) >= 11 is 15.8. The molecule has 0 aliphatic heterocycles. The first-order valence-corrected chi connectivity index (χ1v) is 7.41. The van der Waals surface area contributed by atoms with Gasteiger partial charge in [-0.3, -0.25) is 10.1 Å². The molecule has 104 valence electrons. The van der Waals surface area contributed by atoms with Crippen LogP contribution in [0.4, 0.5) is 5.69 Å². The smallest absolute Gasteiger partial charge is 0.258 e. The molecular weight excluding hydrogens is 365 g/mol. The van der Waals surface area contributed by atoms with Gasteiger partial charge in [-0.05, 0) is 24.1 Å². The summed E-state index contributed by atoms with van der Waals surface area (Å²) in [7, 11) is 0. The van der Waals surface area contributed by atoms with Crippen LogP contribution in [-0.4, -0.2) is 4.92 Å². The van der Waals surface area contributed by atoms with Crippen molar-refractivity contribution < 1.29 is 4.92 Å². The molecule has 0 N–H and O–H groups in total. The van der Waals surface area contributed by atoms with Crippen molar-refractivity contribution in [1.29, 1.82) is 0 Å². The number of nitrogens with zero attached hydrogens (tertiary/aromatic N) is 1. The van der Waals surface area contributed by atoms with Crippen LogP contribution in [-0.2, 0) is 6.42 Å². The molecule has 0 aliphatic rings. The molecule has 20 heavy (non-hydrogen) atoms. The van der Waals surface area contributed by atoms with Crippen molar-refractivity contribution in [2.75, 3.05) is 0 Å². The third-order valence-corrected chi connectivity index (χ3v) is 4.10. The lowest BCUT2D eigenvalue weighted by molar-refractivity contribution is -0.385. The molecule has 0 aliphatic carbocycles. The minimum absolute atomic E-state index is 0.0754. The maximum Gasteiger partial charge on any atom is 0.272 e. The summed E-state index contributed by atoms with van der Waals surface area (Å²) in [4.78, 5) is 10.6. The third-order valence-electron chi connectivity index (χ3n) is 2.89. The summed E-state index contributed by atoms with van der Waals surface area (Å²) in [5.41, 5.74) is 1.43. The average Bonchev–Trinajstić information content (AvgIpc) is 2.38. The minimum Gasteiger partial charge on any atom is -0.258 e. The van der Waals surface area contributed by atoms with Crippen LogP contribution < -0.4 is 0 Å². The minimum atomic E-state index is -0.420. The fraction of sp³-hybridized carbons (Fsp3) is 0.143. The van der Waals surface area contributed by atoms with Crippen LogP contribution in [0, 0.1) is 10.1 Å². The number of nitro benzene ring substituents is 1. The second-order valence-electron chi connectivity index (χ2n) is 4.22. The lowest BCUT2D eigenvalue weighted by atomic mass is 10.0. The summed E-state index contributed by atoms with van der Waals surface area (Å²) in [5, 5.41) is 11.1. The van der Waals surface area contributed by atoms with Gasteiger partial charge in [0.1, 0.15) is 0 Å². The molecule has 0 amide bonds. The van der Waals surface area contributed by atoms with Crippen molar-refractivity contribution in [2.45, 2.75) is 11.8 Å². The van der Waals surface area contributed by atoms with E-state index in [0.29, 0.717) is 17.0 Å². The fourth-order valence-corrected chi connectivity index (χ4v) is 3.14. The molecule has 3 nitrogen and oxygen atoms in total. The number of rotatable bonds is 4. The lowest BCUT2D eigenvalue weighted by Gasteiger charge is -2.12.